The van der Waals surface area contributed by atoms with E-state index in [2.05, 4.69) is 22.0 Å². The van der Waals surface area contributed by atoms with Crippen molar-refractivity contribution in [2.45, 2.75) is 52.0 Å². The summed E-state index contributed by atoms with van der Waals surface area (Å²) in [6, 6.07) is 2.16. The summed E-state index contributed by atoms with van der Waals surface area (Å²) in [6.07, 6.45) is 6.65. The lowest BCUT2D eigenvalue weighted by Crippen LogP contribution is -2.14. The molecule has 0 aliphatic rings. The van der Waals surface area contributed by atoms with Crippen LogP contribution in [-0.4, -0.2) is 21.2 Å². The van der Waals surface area contributed by atoms with E-state index in [1.54, 1.807) is 12.4 Å². The summed E-state index contributed by atoms with van der Waals surface area (Å²) in [5, 5.41) is 4.07. The molecule has 20 heavy (non-hydrogen) atoms. The van der Waals surface area contributed by atoms with Crippen LogP contribution < -0.4 is 5.73 Å². The second-order valence-corrected chi connectivity index (χ2v) is 5.46. The Morgan fingerprint density at radius 3 is 2.80 bits per heavy atom. The molecule has 2 aromatic rings. The molecule has 2 atom stereocenters. The number of hydrogen-bond acceptors (Lipinski definition) is 5. The number of hydrogen-bond donors (Lipinski definition) is 1. The Labute approximate surface area is 119 Å². The normalized spacial score (nSPS) is 14.2. The molecular formula is C15H22N4O. The Balaban J connectivity index is 2.03. The van der Waals surface area contributed by atoms with Crippen LogP contribution >= 0.6 is 0 Å². The molecule has 2 aromatic heterocycles. The van der Waals surface area contributed by atoms with Crippen LogP contribution in [0.25, 0.3) is 11.4 Å². The molecule has 0 amide bonds. The maximum Gasteiger partial charge on any atom is 0.229 e. The van der Waals surface area contributed by atoms with Crippen molar-refractivity contribution < 1.29 is 4.52 Å². The summed E-state index contributed by atoms with van der Waals surface area (Å²) in [6.45, 7) is 6.13. The highest BCUT2D eigenvalue weighted by Gasteiger charge is 2.16. The van der Waals surface area contributed by atoms with Crippen LogP contribution in [-0.2, 0) is 0 Å². The van der Waals surface area contributed by atoms with Gasteiger partial charge < -0.3 is 10.3 Å². The smallest absolute Gasteiger partial charge is 0.229 e. The van der Waals surface area contributed by atoms with Crippen molar-refractivity contribution in [1.29, 1.82) is 0 Å². The zero-order valence-electron chi connectivity index (χ0n) is 12.3. The first-order valence-electron chi connectivity index (χ1n) is 7.08. The first-order valence-corrected chi connectivity index (χ1v) is 7.08. The van der Waals surface area contributed by atoms with Gasteiger partial charge in [-0.15, -0.1) is 0 Å². The SMILES string of the molecule is Cc1cnccc1-c1noc(C(C)CCCC(C)N)n1. The van der Waals surface area contributed by atoms with Crippen LogP contribution in [0.5, 0.6) is 0 Å². The topological polar surface area (TPSA) is 77.8 Å². The summed E-state index contributed by atoms with van der Waals surface area (Å²) < 4.78 is 5.38. The van der Waals surface area contributed by atoms with Crippen molar-refractivity contribution in [3.63, 3.8) is 0 Å². The number of rotatable bonds is 6. The minimum absolute atomic E-state index is 0.250. The quantitative estimate of drug-likeness (QED) is 0.875. The Bertz CT molecular complexity index is 550. The van der Waals surface area contributed by atoms with Crippen LogP contribution in [0.4, 0.5) is 0 Å². The van der Waals surface area contributed by atoms with Gasteiger partial charge in [-0.05, 0) is 38.3 Å². The van der Waals surface area contributed by atoms with Gasteiger partial charge in [0.2, 0.25) is 11.7 Å². The molecule has 0 saturated carbocycles. The molecule has 5 heteroatoms. The van der Waals surface area contributed by atoms with Crippen LogP contribution in [0.3, 0.4) is 0 Å². The average Bonchev–Trinajstić information content (AvgIpc) is 2.88. The maximum absolute atomic E-state index is 5.76. The molecule has 0 aliphatic carbocycles. The number of pyridine rings is 1. The molecule has 0 spiro atoms. The van der Waals surface area contributed by atoms with Gasteiger partial charge in [-0.1, -0.05) is 18.5 Å². The largest absolute Gasteiger partial charge is 0.339 e. The van der Waals surface area contributed by atoms with E-state index in [1.807, 2.05) is 19.9 Å². The lowest BCUT2D eigenvalue weighted by Gasteiger charge is -2.07. The standard InChI is InChI=1S/C15H22N4O/c1-10(5-4-6-12(3)16)15-18-14(19-20-15)13-7-8-17-9-11(13)2/h7-10,12H,4-6,16H2,1-3H3. The van der Waals surface area contributed by atoms with E-state index < -0.39 is 0 Å². The average molecular weight is 274 g/mol. The van der Waals surface area contributed by atoms with Crippen molar-refractivity contribution in [2.24, 2.45) is 5.73 Å². The Hall–Kier alpha value is -1.75. The molecule has 2 heterocycles. The predicted molar refractivity (Wildman–Crippen MR) is 78.2 cm³/mol. The van der Waals surface area contributed by atoms with E-state index >= 15 is 0 Å². The number of aromatic nitrogens is 3. The number of nitrogens with two attached hydrogens (primary N) is 1. The first-order chi connectivity index (χ1) is 9.58. The fraction of sp³-hybridized carbons (Fsp3) is 0.533. The summed E-state index contributed by atoms with van der Waals surface area (Å²) in [4.78, 5) is 8.57. The van der Waals surface area contributed by atoms with Crippen molar-refractivity contribution in [1.82, 2.24) is 15.1 Å². The predicted octanol–water partition coefficient (Wildman–Crippen LogP) is 3.06. The molecule has 5 nitrogen and oxygen atoms in total. The van der Waals surface area contributed by atoms with Gasteiger partial charge >= 0.3 is 0 Å². The zero-order chi connectivity index (χ0) is 14.5. The summed E-state index contributed by atoms with van der Waals surface area (Å²) in [5.41, 5.74) is 7.77. The van der Waals surface area contributed by atoms with E-state index in [0.29, 0.717) is 11.7 Å². The van der Waals surface area contributed by atoms with Gasteiger partial charge in [0.25, 0.3) is 0 Å². The van der Waals surface area contributed by atoms with Gasteiger partial charge in [0.05, 0.1) is 0 Å². The molecule has 2 N–H and O–H groups in total. The molecule has 0 aliphatic heterocycles. The molecule has 0 bridgehead atoms. The second kappa shape index (κ2) is 6.61. The molecule has 0 radical (unpaired) electrons. The van der Waals surface area contributed by atoms with Crippen molar-refractivity contribution in [2.75, 3.05) is 0 Å². The van der Waals surface area contributed by atoms with Crippen molar-refractivity contribution >= 4 is 0 Å². The van der Waals surface area contributed by atoms with Gasteiger partial charge in [0.15, 0.2) is 0 Å². The third-order valence-electron chi connectivity index (χ3n) is 3.42. The fourth-order valence-corrected chi connectivity index (χ4v) is 2.14. The van der Waals surface area contributed by atoms with E-state index in [1.165, 1.54) is 0 Å². The third-order valence-corrected chi connectivity index (χ3v) is 3.42. The van der Waals surface area contributed by atoms with Crippen LogP contribution in [0.15, 0.2) is 23.0 Å². The molecular weight excluding hydrogens is 252 g/mol. The number of aryl methyl sites for hydroxylation is 1. The summed E-state index contributed by atoms with van der Waals surface area (Å²) in [5.74, 6) is 1.59. The number of nitrogens with zero attached hydrogens (tertiary/aromatic N) is 3. The van der Waals surface area contributed by atoms with E-state index in [9.17, 15) is 0 Å². The zero-order valence-corrected chi connectivity index (χ0v) is 12.3. The van der Waals surface area contributed by atoms with Crippen molar-refractivity contribution in [3.05, 3.63) is 29.9 Å². The molecule has 108 valence electrons. The molecule has 0 fully saturated rings. The lowest BCUT2D eigenvalue weighted by molar-refractivity contribution is 0.350. The Morgan fingerprint density at radius 2 is 2.10 bits per heavy atom. The second-order valence-electron chi connectivity index (χ2n) is 5.46. The Morgan fingerprint density at radius 1 is 1.30 bits per heavy atom. The lowest BCUT2D eigenvalue weighted by atomic mass is 10.0. The monoisotopic (exact) mass is 274 g/mol. The minimum Gasteiger partial charge on any atom is -0.339 e. The van der Waals surface area contributed by atoms with Gasteiger partial charge in [0, 0.05) is 29.9 Å². The minimum atomic E-state index is 0.250. The molecule has 0 saturated heterocycles. The summed E-state index contributed by atoms with van der Waals surface area (Å²) >= 11 is 0. The van der Waals surface area contributed by atoms with E-state index in [-0.39, 0.29) is 12.0 Å². The highest BCUT2D eigenvalue weighted by Crippen LogP contribution is 2.24. The highest BCUT2D eigenvalue weighted by molar-refractivity contribution is 5.57. The molecule has 2 unspecified atom stereocenters. The van der Waals surface area contributed by atoms with Gasteiger partial charge in [-0.2, -0.15) is 4.98 Å². The fourth-order valence-electron chi connectivity index (χ4n) is 2.14. The van der Waals surface area contributed by atoms with Gasteiger partial charge in [-0.25, -0.2) is 0 Å². The van der Waals surface area contributed by atoms with Crippen LogP contribution in [0.1, 0.15) is 50.5 Å². The van der Waals surface area contributed by atoms with Crippen LogP contribution in [0.2, 0.25) is 0 Å². The van der Waals surface area contributed by atoms with Crippen molar-refractivity contribution in [3.8, 4) is 11.4 Å². The Kier molecular flexibility index (Phi) is 4.84. The highest BCUT2D eigenvalue weighted by atomic mass is 16.5. The summed E-state index contributed by atoms with van der Waals surface area (Å²) in [7, 11) is 0. The molecule has 2 rings (SSSR count). The first kappa shape index (κ1) is 14.7. The van der Waals surface area contributed by atoms with Gasteiger partial charge in [-0.3, -0.25) is 4.98 Å². The third kappa shape index (κ3) is 3.63. The molecule has 0 aromatic carbocycles. The van der Waals surface area contributed by atoms with E-state index in [0.717, 1.165) is 30.4 Å². The van der Waals surface area contributed by atoms with Gasteiger partial charge in [0.1, 0.15) is 0 Å². The van der Waals surface area contributed by atoms with E-state index in [4.69, 9.17) is 10.3 Å². The maximum atomic E-state index is 5.76. The van der Waals surface area contributed by atoms with Crippen LogP contribution in [0, 0.1) is 6.92 Å².